The Morgan fingerprint density at radius 3 is 2.91 bits per heavy atom. The highest BCUT2D eigenvalue weighted by molar-refractivity contribution is 8.02. The second-order valence-corrected chi connectivity index (χ2v) is 10.0. The fraction of sp³-hybridized carbons (Fsp3) is 0.333. The van der Waals surface area contributed by atoms with Gasteiger partial charge in [-0.25, -0.2) is 5.01 Å². The molecule has 1 aromatic carbocycles. The fourth-order valence-corrected chi connectivity index (χ4v) is 5.30. The second-order valence-electron chi connectivity index (χ2n) is 7.02. The van der Waals surface area contributed by atoms with E-state index >= 15 is 0 Å². The molecule has 3 heterocycles. The van der Waals surface area contributed by atoms with Gasteiger partial charge < -0.3 is 14.5 Å². The molecular weight excluding hydrogens is 470 g/mol. The molecule has 1 aliphatic rings. The molecular formula is C21H22ClN5O3S2. The standard InChI is InChI=1S/C21H22ClN5O3S2/c1-13(31-21-25-24-20(32-21)23-9-11-29-2)19(28)27-17(18-4-3-10-30-18)12-16(26-27)14-5-7-15(22)8-6-14/h3-8,10,13,17H,9,11-12H2,1-2H3,(H,23,24). The van der Waals surface area contributed by atoms with Gasteiger partial charge in [0.1, 0.15) is 11.8 Å². The topological polar surface area (TPSA) is 92.8 Å². The van der Waals surface area contributed by atoms with E-state index in [9.17, 15) is 4.79 Å². The SMILES string of the molecule is COCCNc1nnc(SC(C)C(=O)N2N=C(c3ccc(Cl)cc3)CC2c2ccco2)s1. The quantitative estimate of drug-likeness (QED) is 0.342. The van der Waals surface area contributed by atoms with Gasteiger partial charge in [0.15, 0.2) is 4.34 Å². The molecule has 32 heavy (non-hydrogen) atoms. The third-order valence-corrected chi connectivity index (χ3v) is 7.10. The van der Waals surface area contributed by atoms with Crippen LogP contribution in [-0.4, -0.2) is 52.3 Å². The molecule has 4 rings (SSSR count). The Morgan fingerprint density at radius 1 is 1.38 bits per heavy atom. The number of amides is 1. The van der Waals surface area contributed by atoms with Crippen LogP contribution in [0.25, 0.3) is 0 Å². The van der Waals surface area contributed by atoms with Crippen LogP contribution in [0.1, 0.15) is 30.7 Å². The number of carbonyl (C=O) groups excluding carboxylic acids is 1. The zero-order chi connectivity index (χ0) is 22.5. The number of rotatable bonds is 9. The lowest BCUT2D eigenvalue weighted by Crippen LogP contribution is -2.33. The highest BCUT2D eigenvalue weighted by Gasteiger charge is 2.37. The minimum absolute atomic E-state index is 0.121. The van der Waals surface area contributed by atoms with E-state index in [1.165, 1.54) is 28.1 Å². The first kappa shape index (κ1) is 22.8. The van der Waals surface area contributed by atoms with E-state index < -0.39 is 5.25 Å². The number of benzene rings is 1. The minimum Gasteiger partial charge on any atom is -0.467 e. The molecule has 0 fully saturated rings. The number of furan rings is 1. The lowest BCUT2D eigenvalue weighted by molar-refractivity contribution is -0.132. The van der Waals surface area contributed by atoms with E-state index in [-0.39, 0.29) is 11.9 Å². The van der Waals surface area contributed by atoms with Gasteiger partial charge in [0.2, 0.25) is 5.13 Å². The number of ether oxygens (including phenoxy) is 1. The zero-order valence-electron chi connectivity index (χ0n) is 17.5. The van der Waals surface area contributed by atoms with Gasteiger partial charge in [-0.15, -0.1) is 10.2 Å². The molecule has 2 atom stereocenters. The summed E-state index contributed by atoms with van der Waals surface area (Å²) in [6, 6.07) is 10.8. The molecule has 0 bridgehead atoms. The monoisotopic (exact) mass is 491 g/mol. The van der Waals surface area contributed by atoms with E-state index in [0.29, 0.717) is 39.8 Å². The minimum atomic E-state index is -0.402. The summed E-state index contributed by atoms with van der Waals surface area (Å²) in [5.74, 6) is 0.577. The molecule has 0 aliphatic carbocycles. The predicted molar refractivity (Wildman–Crippen MR) is 126 cm³/mol. The Hall–Kier alpha value is -2.40. The average molecular weight is 492 g/mol. The predicted octanol–water partition coefficient (Wildman–Crippen LogP) is 4.70. The van der Waals surface area contributed by atoms with Crippen molar-refractivity contribution in [3.8, 4) is 0 Å². The Balaban J connectivity index is 1.49. The number of thioether (sulfide) groups is 1. The van der Waals surface area contributed by atoms with Crippen LogP contribution in [0.15, 0.2) is 56.5 Å². The summed E-state index contributed by atoms with van der Waals surface area (Å²) >= 11 is 8.79. The van der Waals surface area contributed by atoms with E-state index in [2.05, 4.69) is 20.6 Å². The zero-order valence-corrected chi connectivity index (χ0v) is 19.9. The van der Waals surface area contributed by atoms with Crippen molar-refractivity contribution in [2.45, 2.75) is 29.0 Å². The van der Waals surface area contributed by atoms with Gasteiger partial charge in [-0.3, -0.25) is 4.79 Å². The highest BCUT2D eigenvalue weighted by Crippen LogP contribution is 2.36. The molecule has 0 saturated heterocycles. The molecule has 3 aromatic rings. The molecule has 11 heteroatoms. The maximum atomic E-state index is 13.4. The molecule has 0 spiro atoms. The van der Waals surface area contributed by atoms with E-state index in [4.69, 9.17) is 20.8 Å². The van der Waals surface area contributed by atoms with Crippen molar-refractivity contribution in [1.82, 2.24) is 15.2 Å². The number of hydrogen-bond acceptors (Lipinski definition) is 9. The second kappa shape index (κ2) is 10.5. The van der Waals surface area contributed by atoms with Gasteiger partial charge in [0.25, 0.3) is 5.91 Å². The van der Waals surface area contributed by atoms with Gasteiger partial charge in [0, 0.05) is 25.1 Å². The van der Waals surface area contributed by atoms with Crippen LogP contribution in [0.2, 0.25) is 5.02 Å². The third-order valence-electron chi connectivity index (χ3n) is 4.80. The first-order valence-electron chi connectivity index (χ1n) is 9.98. The number of halogens is 1. The Kier molecular flexibility index (Phi) is 7.46. The van der Waals surface area contributed by atoms with E-state index in [1.54, 1.807) is 13.4 Å². The number of anilines is 1. The van der Waals surface area contributed by atoms with Crippen LogP contribution < -0.4 is 5.32 Å². The maximum Gasteiger partial charge on any atom is 0.256 e. The number of hydrazone groups is 1. The Bertz CT molecular complexity index is 1070. The van der Waals surface area contributed by atoms with Crippen LogP contribution in [-0.2, 0) is 9.53 Å². The normalized spacial score (nSPS) is 16.8. The van der Waals surface area contributed by atoms with Crippen LogP contribution in [0, 0.1) is 0 Å². The van der Waals surface area contributed by atoms with Crippen molar-refractivity contribution >= 4 is 51.5 Å². The van der Waals surface area contributed by atoms with Crippen LogP contribution in [0.3, 0.4) is 0 Å². The molecule has 1 aliphatic heterocycles. The number of hydrogen-bond donors (Lipinski definition) is 1. The van der Waals surface area contributed by atoms with E-state index in [1.807, 2.05) is 43.3 Å². The van der Waals surface area contributed by atoms with Crippen molar-refractivity contribution in [2.75, 3.05) is 25.6 Å². The van der Waals surface area contributed by atoms with Crippen molar-refractivity contribution in [2.24, 2.45) is 5.10 Å². The molecule has 0 radical (unpaired) electrons. The number of methoxy groups -OCH3 is 1. The van der Waals surface area contributed by atoms with Gasteiger partial charge in [-0.1, -0.05) is 46.8 Å². The largest absolute Gasteiger partial charge is 0.467 e. The van der Waals surface area contributed by atoms with Gasteiger partial charge >= 0.3 is 0 Å². The summed E-state index contributed by atoms with van der Waals surface area (Å²) in [5.41, 5.74) is 1.74. The van der Waals surface area contributed by atoms with Crippen molar-refractivity contribution in [3.63, 3.8) is 0 Å². The van der Waals surface area contributed by atoms with Crippen molar-refractivity contribution in [3.05, 3.63) is 59.0 Å². The van der Waals surface area contributed by atoms with Gasteiger partial charge in [-0.2, -0.15) is 5.10 Å². The average Bonchev–Trinajstić information content (AvgIpc) is 3.55. The third kappa shape index (κ3) is 5.32. The molecule has 0 saturated carbocycles. The van der Waals surface area contributed by atoms with Gasteiger partial charge in [0.05, 0.1) is 23.8 Å². The summed E-state index contributed by atoms with van der Waals surface area (Å²) in [6.45, 7) is 3.07. The summed E-state index contributed by atoms with van der Waals surface area (Å²) < 4.78 is 11.3. The lowest BCUT2D eigenvalue weighted by Gasteiger charge is -2.22. The molecule has 168 valence electrons. The van der Waals surface area contributed by atoms with Crippen molar-refractivity contribution < 1.29 is 13.9 Å². The molecule has 1 N–H and O–H groups in total. The molecule has 1 amide bonds. The Morgan fingerprint density at radius 2 is 2.19 bits per heavy atom. The summed E-state index contributed by atoms with van der Waals surface area (Å²) in [6.07, 6.45) is 2.17. The number of carbonyl (C=O) groups is 1. The smallest absolute Gasteiger partial charge is 0.256 e. The lowest BCUT2D eigenvalue weighted by atomic mass is 10.0. The molecule has 8 nitrogen and oxygen atoms in total. The number of aromatic nitrogens is 2. The van der Waals surface area contributed by atoms with Crippen LogP contribution in [0.4, 0.5) is 5.13 Å². The van der Waals surface area contributed by atoms with Crippen LogP contribution in [0.5, 0.6) is 0 Å². The fourth-order valence-electron chi connectivity index (χ4n) is 3.21. The summed E-state index contributed by atoms with van der Waals surface area (Å²) in [4.78, 5) is 13.4. The molecule has 2 aromatic heterocycles. The van der Waals surface area contributed by atoms with Crippen LogP contribution >= 0.6 is 34.7 Å². The number of nitrogens with one attached hydrogen (secondary N) is 1. The van der Waals surface area contributed by atoms with Gasteiger partial charge in [-0.05, 0) is 36.8 Å². The Labute approximate surface area is 199 Å². The highest BCUT2D eigenvalue weighted by atomic mass is 35.5. The summed E-state index contributed by atoms with van der Waals surface area (Å²) in [5, 5.41) is 18.6. The van der Waals surface area contributed by atoms with E-state index in [0.717, 1.165) is 11.3 Å². The number of nitrogens with zero attached hydrogens (tertiary/aromatic N) is 4. The maximum absolute atomic E-state index is 13.4. The molecule has 2 unspecified atom stereocenters. The summed E-state index contributed by atoms with van der Waals surface area (Å²) in [7, 11) is 1.64. The first-order valence-corrected chi connectivity index (χ1v) is 12.1. The van der Waals surface area contributed by atoms with Crippen molar-refractivity contribution in [1.29, 1.82) is 0 Å². The first-order chi connectivity index (χ1) is 15.5.